The molecule has 1 aliphatic heterocycles. The summed E-state index contributed by atoms with van der Waals surface area (Å²) in [5, 5.41) is 8.05. The SMILES string of the molecule is COc1cccc2c(C(=O)NC(Cc3ccccc3)C(N)=O)nn(CCN3CCOCC3)c12. The Kier molecular flexibility index (Phi) is 7.21. The van der Waals surface area contributed by atoms with Crippen molar-refractivity contribution < 1.29 is 19.1 Å². The molecule has 0 saturated carbocycles. The largest absolute Gasteiger partial charge is 0.494 e. The average Bonchev–Trinajstić information content (AvgIpc) is 3.22. The number of benzene rings is 2. The molecule has 2 amide bonds. The number of carbonyl (C=O) groups is 2. The van der Waals surface area contributed by atoms with E-state index in [2.05, 4.69) is 15.3 Å². The van der Waals surface area contributed by atoms with Gasteiger partial charge in [0.2, 0.25) is 5.91 Å². The average molecular weight is 452 g/mol. The van der Waals surface area contributed by atoms with E-state index in [4.69, 9.17) is 15.2 Å². The van der Waals surface area contributed by atoms with E-state index in [1.807, 2.05) is 48.5 Å². The summed E-state index contributed by atoms with van der Waals surface area (Å²) in [4.78, 5) is 27.6. The van der Waals surface area contributed by atoms with Gasteiger partial charge in [-0.2, -0.15) is 5.10 Å². The number of morpholine rings is 1. The summed E-state index contributed by atoms with van der Waals surface area (Å²) in [6, 6.07) is 14.1. The summed E-state index contributed by atoms with van der Waals surface area (Å²) in [6.07, 6.45) is 0.306. The van der Waals surface area contributed by atoms with E-state index in [9.17, 15) is 9.59 Å². The van der Waals surface area contributed by atoms with Crippen LogP contribution in [0.25, 0.3) is 10.9 Å². The first-order valence-corrected chi connectivity index (χ1v) is 11.0. The number of nitrogens with two attached hydrogens (primary N) is 1. The van der Waals surface area contributed by atoms with Gasteiger partial charge in [0.1, 0.15) is 17.3 Å². The van der Waals surface area contributed by atoms with Crippen LogP contribution in [-0.2, 0) is 22.5 Å². The fourth-order valence-electron chi connectivity index (χ4n) is 4.06. The van der Waals surface area contributed by atoms with Gasteiger partial charge < -0.3 is 20.5 Å². The Morgan fingerprint density at radius 3 is 2.58 bits per heavy atom. The van der Waals surface area contributed by atoms with E-state index in [-0.39, 0.29) is 5.69 Å². The maximum atomic E-state index is 13.2. The minimum absolute atomic E-state index is 0.241. The zero-order valence-electron chi connectivity index (χ0n) is 18.7. The smallest absolute Gasteiger partial charge is 0.273 e. The third-order valence-corrected chi connectivity index (χ3v) is 5.83. The fraction of sp³-hybridized carbons (Fsp3) is 0.375. The van der Waals surface area contributed by atoms with Crippen LogP contribution in [0, 0.1) is 0 Å². The Balaban J connectivity index is 1.59. The summed E-state index contributed by atoms with van der Waals surface area (Å²) in [5.74, 6) is -0.407. The van der Waals surface area contributed by atoms with Gasteiger partial charge in [-0.1, -0.05) is 42.5 Å². The summed E-state index contributed by atoms with van der Waals surface area (Å²) in [7, 11) is 1.59. The Morgan fingerprint density at radius 2 is 1.88 bits per heavy atom. The highest BCUT2D eigenvalue weighted by Gasteiger charge is 2.25. The third-order valence-electron chi connectivity index (χ3n) is 5.83. The van der Waals surface area contributed by atoms with Gasteiger partial charge in [0, 0.05) is 31.4 Å². The first kappa shape index (κ1) is 22.8. The molecule has 2 aromatic carbocycles. The summed E-state index contributed by atoms with van der Waals surface area (Å²) >= 11 is 0. The van der Waals surface area contributed by atoms with E-state index in [1.54, 1.807) is 11.8 Å². The number of fused-ring (bicyclic) bond motifs is 1. The van der Waals surface area contributed by atoms with Gasteiger partial charge in [0.25, 0.3) is 5.91 Å². The van der Waals surface area contributed by atoms with Crippen molar-refractivity contribution in [3.8, 4) is 5.75 Å². The summed E-state index contributed by atoms with van der Waals surface area (Å²) in [6.45, 7) is 4.52. The predicted octanol–water partition coefficient (Wildman–Crippen LogP) is 1.20. The van der Waals surface area contributed by atoms with Gasteiger partial charge in [-0.25, -0.2) is 0 Å². The molecule has 1 atom stereocenters. The van der Waals surface area contributed by atoms with E-state index >= 15 is 0 Å². The molecule has 9 heteroatoms. The number of nitrogens with zero attached hydrogens (tertiary/aromatic N) is 3. The molecule has 3 aromatic rings. The minimum Gasteiger partial charge on any atom is -0.494 e. The molecule has 174 valence electrons. The predicted molar refractivity (Wildman–Crippen MR) is 124 cm³/mol. The molecular formula is C24H29N5O4. The Labute approximate surface area is 192 Å². The minimum atomic E-state index is -0.848. The highest BCUT2D eigenvalue weighted by atomic mass is 16.5. The van der Waals surface area contributed by atoms with Crippen LogP contribution in [0.5, 0.6) is 5.75 Å². The monoisotopic (exact) mass is 451 g/mol. The van der Waals surface area contributed by atoms with Crippen LogP contribution in [-0.4, -0.2) is 72.5 Å². The van der Waals surface area contributed by atoms with Crippen molar-refractivity contribution in [2.45, 2.75) is 19.0 Å². The molecule has 2 heterocycles. The number of nitrogens with one attached hydrogen (secondary N) is 1. The number of primary amides is 1. The number of aromatic nitrogens is 2. The maximum Gasteiger partial charge on any atom is 0.273 e. The molecule has 3 N–H and O–H groups in total. The van der Waals surface area contributed by atoms with Crippen molar-refractivity contribution in [1.82, 2.24) is 20.0 Å². The van der Waals surface area contributed by atoms with Gasteiger partial charge >= 0.3 is 0 Å². The zero-order chi connectivity index (χ0) is 23.2. The number of amides is 2. The van der Waals surface area contributed by atoms with Crippen LogP contribution in [0.15, 0.2) is 48.5 Å². The molecule has 4 rings (SSSR count). The van der Waals surface area contributed by atoms with Crippen molar-refractivity contribution in [2.75, 3.05) is 40.0 Å². The topological polar surface area (TPSA) is 112 Å². The van der Waals surface area contributed by atoms with Crippen LogP contribution in [0.3, 0.4) is 0 Å². The second-order valence-electron chi connectivity index (χ2n) is 8.00. The molecule has 1 saturated heterocycles. The van der Waals surface area contributed by atoms with Gasteiger partial charge in [-0.15, -0.1) is 0 Å². The molecular weight excluding hydrogens is 422 g/mol. The zero-order valence-corrected chi connectivity index (χ0v) is 18.7. The van der Waals surface area contributed by atoms with Crippen molar-refractivity contribution in [1.29, 1.82) is 0 Å². The Morgan fingerprint density at radius 1 is 1.12 bits per heavy atom. The molecule has 1 aliphatic rings. The van der Waals surface area contributed by atoms with Crippen molar-refractivity contribution >= 4 is 22.7 Å². The van der Waals surface area contributed by atoms with E-state index in [0.717, 1.165) is 30.7 Å². The lowest BCUT2D eigenvalue weighted by Crippen LogP contribution is -2.46. The van der Waals surface area contributed by atoms with Crippen LogP contribution in [0.1, 0.15) is 16.1 Å². The number of rotatable bonds is 9. The number of methoxy groups -OCH3 is 1. The van der Waals surface area contributed by atoms with Crippen LogP contribution in [0.4, 0.5) is 0 Å². The van der Waals surface area contributed by atoms with Gasteiger partial charge in [0.05, 0.1) is 26.9 Å². The highest BCUT2D eigenvalue weighted by molar-refractivity contribution is 6.07. The third kappa shape index (κ3) is 5.32. The maximum absolute atomic E-state index is 13.2. The summed E-state index contributed by atoms with van der Waals surface area (Å²) < 4.78 is 12.8. The normalized spacial score (nSPS) is 15.3. The Bertz CT molecular complexity index is 1110. The van der Waals surface area contributed by atoms with E-state index < -0.39 is 17.9 Å². The second-order valence-corrected chi connectivity index (χ2v) is 8.00. The van der Waals surface area contributed by atoms with Gasteiger partial charge in [0.15, 0.2) is 5.69 Å². The lowest BCUT2D eigenvalue weighted by atomic mass is 10.1. The number of ether oxygens (including phenoxy) is 2. The lowest BCUT2D eigenvalue weighted by Gasteiger charge is -2.26. The van der Waals surface area contributed by atoms with Crippen molar-refractivity contribution in [3.05, 3.63) is 59.8 Å². The lowest BCUT2D eigenvalue weighted by molar-refractivity contribution is -0.119. The van der Waals surface area contributed by atoms with Crippen molar-refractivity contribution in [3.63, 3.8) is 0 Å². The fourth-order valence-corrected chi connectivity index (χ4v) is 4.06. The van der Waals surface area contributed by atoms with Gasteiger partial charge in [-0.3, -0.25) is 19.2 Å². The molecule has 0 radical (unpaired) electrons. The molecule has 1 unspecified atom stereocenters. The van der Waals surface area contributed by atoms with Crippen LogP contribution in [0.2, 0.25) is 0 Å². The molecule has 1 aromatic heterocycles. The number of para-hydroxylation sites is 1. The number of carbonyl (C=O) groups excluding carboxylic acids is 2. The first-order valence-electron chi connectivity index (χ1n) is 11.0. The van der Waals surface area contributed by atoms with E-state index in [0.29, 0.717) is 37.3 Å². The van der Waals surface area contributed by atoms with Crippen LogP contribution < -0.4 is 15.8 Å². The van der Waals surface area contributed by atoms with Gasteiger partial charge in [-0.05, 0) is 11.6 Å². The standard InChI is InChI=1S/C24H29N5O4/c1-32-20-9-5-8-18-21(27-29(22(18)20)11-10-28-12-14-33-15-13-28)24(31)26-19(23(25)30)16-17-6-3-2-4-7-17/h2-9,19H,10-16H2,1H3,(H2,25,30)(H,26,31). The van der Waals surface area contributed by atoms with Crippen LogP contribution >= 0.6 is 0 Å². The van der Waals surface area contributed by atoms with Crippen molar-refractivity contribution in [2.24, 2.45) is 5.73 Å². The summed E-state index contributed by atoms with van der Waals surface area (Å²) in [5.41, 5.74) is 7.48. The molecule has 9 nitrogen and oxygen atoms in total. The quantitative estimate of drug-likeness (QED) is 0.506. The number of hydrogen-bond donors (Lipinski definition) is 2. The molecule has 0 spiro atoms. The Hall–Kier alpha value is -3.43. The van der Waals surface area contributed by atoms with E-state index in [1.165, 1.54) is 0 Å². The highest BCUT2D eigenvalue weighted by Crippen LogP contribution is 2.28. The number of hydrogen-bond acceptors (Lipinski definition) is 6. The molecule has 0 aliphatic carbocycles. The molecule has 1 fully saturated rings. The second kappa shape index (κ2) is 10.5. The molecule has 33 heavy (non-hydrogen) atoms. The first-order chi connectivity index (χ1) is 16.1. The molecule has 0 bridgehead atoms.